The zero-order valence-corrected chi connectivity index (χ0v) is 16.0. The number of para-hydroxylation sites is 1. The molecule has 3 aromatic rings. The largest absolute Gasteiger partial charge is 0.463 e. The summed E-state index contributed by atoms with van der Waals surface area (Å²) in [6.45, 7) is 3.12. The highest BCUT2D eigenvalue weighted by Crippen LogP contribution is 2.29. The summed E-state index contributed by atoms with van der Waals surface area (Å²) in [5, 5.41) is 7.37. The van der Waals surface area contributed by atoms with E-state index in [1.807, 2.05) is 42.5 Å². The molecular formula is C22H25N3O3. The Morgan fingerprint density at radius 2 is 2.07 bits per heavy atom. The summed E-state index contributed by atoms with van der Waals surface area (Å²) in [7, 11) is 1.72. The number of pyridine rings is 1. The summed E-state index contributed by atoms with van der Waals surface area (Å²) in [5.41, 5.74) is 2.01. The molecule has 0 saturated carbocycles. The second kappa shape index (κ2) is 8.12. The van der Waals surface area contributed by atoms with Crippen LogP contribution in [-0.4, -0.2) is 44.2 Å². The molecule has 6 heteroatoms. The van der Waals surface area contributed by atoms with Gasteiger partial charge < -0.3 is 19.8 Å². The number of amides is 1. The highest BCUT2D eigenvalue weighted by atomic mass is 16.5. The Bertz CT molecular complexity index is 941. The maximum absolute atomic E-state index is 13.1. The number of rotatable bonds is 6. The van der Waals surface area contributed by atoms with Gasteiger partial charge in [-0.25, -0.2) is 4.98 Å². The van der Waals surface area contributed by atoms with E-state index in [1.54, 1.807) is 13.4 Å². The fourth-order valence-corrected chi connectivity index (χ4v) is 3.91. The number of nitrogens with zero attached hydrogens (tertiary/aromatic N) is 1. The Labute approximate surface area is 164 Å². The quantitative estimate of drug-likeness (QED) is 0.688. The first kappa shape index (κ1) is 18.7. The number of fused-ring (bicyclic) bond motifs is 1. The number of hydrogen-bond acceptors (Lipinski definition) is 5. The Morgan fingerprint density at radius 1 is 1.25 bits per heavy atom. The van der Waals surface area contributed by atoms with Crippen molar-refractivity contribution in [3.63, 3.8) is 0 Å². The van der Waals surface area contributed by atoms with Gasteiger partial charge in [0.1, 0.15) is 5.69 Å². The van der Waals surface area contributed by atoms with Crippen LogP contribution in [-0.2, 0) is 4.74 Å². The van der Waals surface area contributed by atoms with E-state index < -0.39 is 0 Å². The van der Waals surface area contributed by atoms with Crippen LogP contribution >= 0.6 is 0 Å². The minimum atomic E-state index is -0.0968. The molecule has 2 N–H and O–H groups in total. The van der Waals surface area contributed by atoms with Crippen LogP contribution in [0.15, 0.2) is 53.1 Å². The van der Waals surface area contributed by atoms with Crippen molar-refractivity contribution in [2.24, 2.45) is 5.41 Å². The fraction of sp³-hybridized carbons (Fsp3) is 0.364. The van der Waals surface area contributed by atoms with Crippen LogP contribution in [0.2, 0.25) is 0 Å². The summed E-state index contributed by atoms with van der Waals surface area (Å²) >= 11 is 0. The predicted molar refractivity (Wildman–Crippen MR) is 108 cm³/mol. The maximum Gasteiger partial charge on any atom is 0.252 e. The summed E-state index contributed by atoms with van der Waals surface area (Å²) < 4.78 is 10.9. The summed E-state index contributed by atoms with van der Waals surface area (Å²) in [5.74, 6) is 0.550. The highest BCUT2D eigenvalue weighted by molar-refractivity contribution is 6.07. The fourth-order valence-electron chi connectivity index (χ4n) is 3.91. The zero-order valence-electron chi connectivity index (χ0n) is 16.0. The molecule has 28 heavy (non-hydrogen) atoms. The van der Waals surface area contributed by atoms with Crippen molar-refractivity contribution in [2.45, 2.75) is 12.8 Å². The lowest BCUT2D eigenvalue weighted by atomic mass is 9.79. The van der Waals surface area contributed by atoms with Gasteiger partial charge in [-0.2, -0.15) is 0 Å². The first-order chi connectivity index (χ1) is 13.7. The second-order valence-corrected chi connectivity index (χ2v) is 7.42. The molecular weight excluding hydrogens is 354 g/mol. The Balaban J connectivity index is 1.63. The molecule has 1 saturated heterocycles. The predicted octanol–water partition coefficient (Wildman–Crippen LogP) is 3.24. The average Bonchev–Trinajstić information content (AvgIpc) is 3.27. The van der Waals surface area contributed by atoms with E-state index in [2.05, 4.69) is 15.6 Å². The lowest BCUT2D eigenvalue weighted by Gasteiger charge is -2.37. The number of benzene rings is 1. The van der Waals surface area contributed by atoms with Crippen molar-refractivity contribution in [3.05, 3.63) is 54.3 Å². The van der Waals surface area contributed by atoms with E-state index in [1.165, 1.54) is 0 Å². The van der Waals surface area contributed by atoms with Gasteiger partial charge in [0.05, 0.1) is 24.0 Å². The van der Waals surface area contributed by atoms with E-state index in [0.717, 1.165) is 36.8 Å². The van der Waals surface area contributed by atoms with Gasteiger partial charge in [-0.3, -0.25) is 4.79 Å². The second-order valence-electron chi connectivity index (χ2n) is 7.42. The van der Waals surface area contributed by atoms with Crippen molar-refractivity contribution >= 4 is 16.8 Å². The zero-order chi connectivity index (χ0) is 19.4. The summed E-state index contributed by atoms with van der Waals surface area (Å²) in [6.07, 6.45) is 3.57. The molecule has 3 heterocycles. The molecule has 0 aliphatic carbocycles. The van der Waals surface area contributed by atoms with Crippen LogP contribution < -0.4 is 10.6 Å². The number of hydrogen-bond donors (Lipinski definition) is 2. The first-order valence-electron chi connectivity index (χ1n) is 9.62. The molecule has 1 aromatic carbocycles. The van der Waals surface area contributed by atoms with Crippen LogP contribution in [0.5, 0.6) is 0 Å². The third-order valence-electron chi connectivity index (χ3n) is 5.47. The number of piperidine rings is 1. The van der Waals surface area contributed by atoms with Gasteiger partial charge in [-0.1, -0.05) is 18.2 Å². The Hall–Kier alpha value is -2.70. The standard InChI is InChI=1S/C22H25N3O3/c1-27-15-22(8-10-23-11-9-22)14-24-21(26)17-13-19(20-7-4-12-28-20)25-18-6-3-2-5-16(17)18/h2-7,12-13,23H,8-11,14-15H2,1H3,(H,24,26). The molecule has 4 rings (SSSR count). The minimum absolute atomic E-state index is 0.0255. The van der Waals surface area contributed by atoms with E-state index in [-0.39, 0.29) is 11.3 Å². The van der Waals surface area contributed by atoms with Gasteiger partial charge in [0.25, 0.3) is 5.91 Å². The van der Waals surface area contributed by atoms with Gasteiger partial charge in [0.2, 0.25) is 0 Å². The molecule has 0 unspecified atom stereocenters. The Morgan fingerprint density at radius 3 is 2.82 bits per heavy atom. The smallest absolute Gasteiger partial charge is 0.252 e. The molecule has 0 atom stereocenters. The van der Waals surface area contributed by atoms with Crippen molar-refractivity contribution in [2.75, 3.05) is 33.4 Å². The normalized spacial score (nSPS) is 16.2. The molecule has 1 amide bonds. The van der Waals surface area contributed by atoms with Gasteiger partial charge in [0.15, 0.2) is 5.76 Å². The van der Waals surface area contributed by atoms with E-state index in [4.69, 9.17) is 9.15 Å². The van der Waals surface area contributed by atoms with Crippen LogP contribution in [0.25, 0.3) is 22.4 Å². The monoisotopic (exact) mass is 379 g/mol. The topological polar surface area (TPSA) is 76.4 Å². The number of carbonyl (C=O) groups excluding carboxylic acids is 1. The molecule has 1 fully saturated rings. The first-order valence-corrected chi connectivity index (χ1v) is 9.62. The number of furan rings is 1. The number of nitrogens with one attached hydrogen (secondary N) is 2. The Kier molecular flexibility index (Phi) is 5.41. The van der Waals surface area contributed by atoms with Crippen molar-refractivity contribution in [3.8, 4) is 11.5 Å². The third kappa shape index (κ3) is 3.79. The van der Waals surface area contributed by atoms with E-state index >= 15 is 0 Å². The molecule has 146 valence electrons. The van der Waals surface area contributed by atoms with Crippen molar-refractivity contribution in [1.82, 2.24) is 15.6 Å². The molecule has 1 aliphatic rings. The third-order valence-corrected chi connectivity index (χ3v) is 5.47. The van der Waals surface area contributed by atoms with Crippen LogP contribution in [0.1, 0.15) is 23.2 Å². The van der Waals surface area contributed by atoms with Crippen molar-refractivity contribution < 1.29 is 13.9 Å². The molecule has 6 nitrogen and oxygen atoms in total. The number of methoxy groups -OCH3 is 1. The average molecular weight is 379 g/mol. The van der Waals surface area contributed by atoms with E-state index in [0.29, 0.717) is 30.2 Å². The summed E-state index contributed by atoms with van der Waals surface area (Å²) in [4.78, 5) is 17.8. The number of carbonyl (C=O) groups is 1. The van der Waals surface area contributed by atoms with Gasteiger partial charge >= 0.3 is 0 Å². The molecule has 0 bridgehead atoms. The van der Waals surface area contributed by atoms with Crippen molar-refractivity contribution in [1.29, 1.82) is 0 Å². The van der Waals surface area contributed by atoms with Gasteiger partial charge in [-0.15, -0.1) is 0 Å². The summed E-state index contributed by atoms with van der Waals surface area (Å²) in [6, 6.07) is 13.2. The SMILES string of the molecule is COCC1(CNC(=O)c2cc(-c3ccco3)nc3ccccc23)CCNCC1. The molecule has 1 aliphatic heterocycles. The molecule has 2 aromatic heterocycles. The maximum atomic E-state index is 13.1. The van der Waals surface area contributed by atoms with Crippen LogP contribution in [0, 0.1) is 5.41 Å². The van der Waals surface area contributed by atoms with Gasteiger partial charge in [-0.05, 0) is 50.2 Å². The van der Waals surface area contributed by atoms with Crippen LogP contribution in [0.3, 0.4) is 0 Å². The number of aromatic nitrogens is 1. The molecule has 0 spiro atoms. The minimum Gasteiger partial charge on any atom is -0.463 e. The van der Waals surface area contributed by atoms with E-state index in [9.17, 15) is 4.79 Å². The number of ether oxygens (including phenoxy) is 1. The lowest BCUT2D eigenvalue weighted by molar-refractivity contribution is 0.0512. The molecule has 0 radical (unpaired) electrons. The highest BCUT2D eigenvalue weighted by Gasteiger charge is 2.32. The van der Waals surface area contributed by atoms with Crippen LogP contribution in [0.4, 0.5) is 0 Å². The lowest BCUT2D eigenvalue weighted by Crippen LogP contribution is -2.47. The van der Waals surface area contributed by atoms with Gasteiger partial charge in [0, 0.05) is 24.5 Å².